The van der Waals surface area contributed by atoms with Crippen molar-refractivity contribution in [1.82, 2.24) is 4.31 Å². The summed E-state index contributed by atoms with van der Waals surface area (Å²) in [7, 11) is -3.64. The van der Waals surface area contributed by atoms with Gasteiger partial charge in [-0.25, -0.2) is 8.42 Å². The highest BCUT2D eigenvalue weighted by molar-refractivity contribution is 9.10. The van der Waals surface area contributed by atoms with Crippen LogP contribution in [0.2, 0.25) is 0 Å². The number of piperazine rings is 1. The molecule has 2 aromatic rings. The Kier molecular flexibility index (Phi) is 6.52. The van der Waals surface area contributed by atoms with Crippen molar-refractivity contribution in [2.75, 3.05) is 44.7 Å². The highest BCUT2D eigenvalue weighted by atomic mass is 79.9. The van der Waals surface area contributed by atoms with Crippen molar-refractivity contribution in [1.29, 1.82) is 0 Å². The van der Waals surface area contributed by atoms with Crippen LogP contribution in [0.3, 0.4) is 0 Å². The first-order valence-electron chi connectivity index (χ1n) is 10.2. The second-order valence-corrected chi connectivity index (χ2v) is 10.4. The summed E-state index contributed by atoms with van der Waals surface area (Å²) in [5.74, 6) is 0.931. The zero-order valence-corrected chi connectivity index (χ0v) is 19.5. The molecule has 1 saturated heterocycles. The first kappa shape index (κ1) is 22.1. The SMILES string of the molecule is C[C@@H](C(=O)Nc1ccc(Br)cc1)[NH+]1CCN(S(=O)(=O)c2ccc3c(c2)OCCO3)CC1. The maximum atomic E-state index is 13.1. The van der Waals surface area contributed by atoms with Crippen LogP contribution in [-0.4, -0.2) is 64.1 Å². The van der Waals surface area contributed by atoms with Gasteiger partial charge in [0.05, 0.1) is 31.1 Å². The van der Waals surface area contributed by atoms with Gasteiger partial charge in [-0.2, -0.15) is 4.31 Å². The molecule has 0 unspecified atom stereocenters. The van der Waals surface area contributed by atoms with Gasteiger partial charge in [0, 0.05) is 16.2 Å². The van der Waals surface area contributed by atoms with Gasteiger partial charge in [0.15, 0.2) is 17.5 Å². The molecule has 0 aromatic heterocycles. The molecule has 1 atom stereocenters. The molecule has 0 aliphatic carbocycles. The van der Waals surface area contributed by atoms with E-state index in [4.69, 9.17) is 9.47 Å². The summed E-state index contributed by atoms with van der Waals surface area (Å²) < 4.78 is 39.6. The van der Waals surface area contributed by atoms with E-state index in [0.717, 1.165) is 15.1 Å². The number of carbonyl (C=O) groups is 1. The standard InChI is InChI=1S/C21H24BrN3O5S/c1-15(21(26)23-17-4-2-16(22)3-5-17)24-8-10-25(11-9-24)31(27,28)18-6-7-19-20(14-18)30-13-12-29-19/h2-7,14-15H,8-13H2,1H3,(H,23,26)/p+1/t15-/m0/s1. The molecule has 2 heterocycles. The lowest BCUT2D eigenvalue weighted by Crippen LogP contribution is -3.19. The number of hydrogen-bond acceptors (Lipinski definition) is 5. The number of benzene rings is 2. The fourth-order valence-electron chi connectivity index (χ4n) is 3.75. The van der Waals surface area contributed by atoms with Crippen molar-refractivity contribution < 1.29 is 27.6 Å². The summed E-state index contributed by atoms with van der Waals surface area (Å²) in [5.41, 5.74) is 0.735. The maximum Gasteiger partial charge on any atom is 0.282 e. The zero-order valence-electron chi connectivity index (χ0n) is 17.1. The Balaban J connectivity index is 1.37. The fourth-order valence-corrected chi connectivity index (χ4v) is 5.47. The minimum absolute atomic E-state index is 0.0829. The number of nitrogens with zero attached hydrogens (tertiary/aromatic N) is 1. The van der Waals surface area contributed by atoms with E-state index in [2.05, 4.69) is 21.2 Å². The Labute approximate surface area is 190 Å². The molecule has 0 spiro atoms. The van der Waals surface area contributed by atoms with Gasteiger partial charge in [-0.3, -0.25) is 4.79 Å². The van der Waals surface area contributed by atoms with E-state index in [1.165, 1.54) is 10.4 Å². The molecular weight excluding hydrogens is 486 g/mol. The second kappa shape index (κ2) is 9.15. The molecule has 2 N–H and O–H groups in total. The van der Waals surface area contributed by atoms with Crippen molar-refractivity contribution in [3.05, 3.63) is 46.9 Å². The van der Waals surface area contributed by atoms with Gasteiger partial charge in [0.2, 0.25) is 10.0 Å². The first-order valence-corrected chi connectivity index (χ1v) is 12.4. The molecule has 0 saturated carbocycles. The lowest BCUT2D eigenvalue weighted by molar-refractivity contribution is -0.917. The zero-order chi connectivity index (χ0) is 22.0. The summed E-state index contributed by atoms with van der Waals surface area (Å²) in [6, 6.07) is 11.8. The Morgan fingerprint density at radius 3 is 2.39 bits per heavy atom. The van der Waals surface area contributed by atoms with Crippen molar-refractivity contribution in [2.45, 2.75) is 17.9 Å². The van der Waals surface area contributed by atoms with Crippen LogP contribution in [0.15, 0.2) is 51.8 Å². The number of ether oxygens (including phenoxy) is 2. The minimum Gasteiger partial charge on any atom is -0.486 e. The van der Waals surface area contributed by atoms with Gasteiger partial charge in [-0.05, 0) is 43.3 Å². The van der Waals surface area contributed by atoms with Gasteiger partial charge < -0.3 is 19.7 Å². The van der Waals surface area contributed by atoms with Gasteiger partial charge in [0.25, 0.3) is 5.91 Å². The predicted octanol–water partition coefficient (Wildman–Crippen LogP) is 1.14. The van der Waals surface area contributed by atoms with Crippen LogP contribution in [0.1, 0.15) is 6.92 Å². The smallest absolute Gasteiger partial charge is 0.282 e. The predicted molar refractivity (Wildman–Crippen MR) is 119 cm³/mol. The molecule has 0 radical (unpaired) electrons. The average Bonchev–Trinajstić information content (AvgIpc) is 2.79. The lowest BCUT2D eigenvalue weighted by atomic mass is 10.2. The number of sulfonamides is 1. The Bertz CT molecular complexity index is 1050. The van der Waals surface area contributed by atoms with E-state index in [1.807, 2.05) is 31.2 Å². The third-order valence-electron chi connectivity index (χ3n) is 5.63. The Morgan fingerprint density at radius 1 is 1.06 bits per heavy atom. The molecular formula is C21H25BrN3O5S+. The molecule has 1 fully saturated rings. The van der Waals surface area contributed by atoms with Gasteiger partial charge in [0.1, 0.15) is 13.2 Å². The molecule has 31 heavy (non-hydrogen) atoms. The number of anilines is 1. The number of nitrogens with one attached hydrogen (secondary N) is 2. The van der Waals surface area contributed by atoms with E-state index in [0.29, 0.717) is 50.9 Å². The number of fused-ring (bicyclic) bond motifs is 1. The van der Waals surface area contributed by atoms with Gasteiger partial charge in [-0.15, -0.1) is 0 Å². The molecule has 2 aromatic carbocycles. The number of carbonyl (C=O) groups excluding carboxylic acids is 1. The van der Waals surface area contributed by atoms with Crippen LogP contribution in [0.4, 0.5) is 5.69 Å². The third kappa shape index (κ3) is 4.87. The van der Waals surface area contributed by atoms with E-state index < -0.39 is 10.0 Å². The molecule has 166 valence electrons. The molecule has 2 aliphatic heterocycles. The number of amides is 1. The average molecular weight is 511 g/mol. The van der Waals surface area contributed by atoms with Crippen molar-refractivity contribution >= 4 is 37.5 Å². The molecule has 0 bridgehead atoms. The lowest BCUT2D eigenvalue weighted by Gasteiger charge is -2.34. The molecule has 10 heteroatoms. The van der Waals surface area contributed by atoms with E-state index in [9.17, 15) is 13.2 Å². The summed E-state index contributed by atoms with van der Waals surface area (Å²) in [6.07, 6.45) is 0. The summed E-state index contributed by atoms with van der Waals surface area (Å²) >= 11 is 3.38. The van der Waals surface area contributed by atoms with E-state index in [-0.39, 0.29) is 16.8 Å². The maximum absolute atomic E-state index is 13.1. The van der Waals surface area contributed by atoms with Gasteiger partial charge in [-0.1, -0.05) is 15.9 Å². The summed E-state index contributed by atoms with van der Waals surface area (Å²) in [5, 5.41) is 2.92. The van der Waals surface area contributed by atoms with Crippen molar-refractivity contribution in [3.63, 3.8) is 0 Å². The van der Waals surface area contributed by atoms with Crippen LogP contribution in [0, 0.1) is 0 Å². The van der Waals surface area contributed by atoms with Crippen molar-refractivity contribution in [2.24, 2.45) is 0 Å². The second-order valence-electron chi connectivity index (χ2n) is 7.59. The van der Waals surface area contributed by atoms with E-state index >= 15 is 0 Å². The third-order valence-corrected chi connectivity index (χ3v) is 8.06. The Hall–Kier alpha value is -2.14. The summed E-state index contributed by atoms with van der Waals surface area (Å²) in [6.45, 7) is 4.53. The monoisotopic (exact) mass is 510 g/mol. The van der Waals surface area contributed by atoms with Crippen LogP contribution in [0.5, 0.6) is 11.5 Å². The van der Waals surface area contributed by atoms with Gasteiger partial charge >= 0.3 is 0 Å². The number of quaternary nitrogens is 1. The molecule has 4 rings (SSSR count). The first-order chi connectivity index (χ1) is 14.8. The highest BCUT2D eigenvalue weighted by Gasteiger charge is 2.35. The number of halogens is 1. The molecule has 2 aliphatic rings. The molecule has 8 nitrogen and oxygen atoms in total. The van der Waals surface area contributed by atoms with Crippen LogP contribution in [-0.2, 0) is 14.8 Å². The molecule has 1 amide bonds. The van der Waals surface area contributed by atoms with Crippen molar-refractivity contribution in [3.8, 4) is 11.5 Å². The van der Waals surface area contributed by atoms with Crippen LogP contribution >= 0.6 is 15.9 Å². The highest BCUT2D eigenvalue weighted by Crippen LogP contribution is 2.33. The minimum atomic E-state index is -3.64. The topological polar surface area (TPSA) is 89.4 Å². The van der Waals surface area contributed by atoms with Crippen LogP contribution < -0.4 is 19.7 Å². The number of hydrogen-bond donors (Lipinski definition) is 2. The largest absolute Gasteiger partial charge is 0.486 e. The summed E-state index contributed by atoms with van der Waals surface area (Å²) in [4.78, 5) is 13.9. The Morgan fingerprint density at radius 2 is 1.71 bits per heavy atom. The van der Waals surface area contributed by atoms with E-state index in [1.54, 1.807) is 12.1 Å². The van der Waals surface area contributed by atoms with Crippen LogP contribution in [0.25, 0.3) is 0 Å². The quantitative estimate of drug-likeness (QED) is 0.629. The fraction of sp³-hybridized carbons (Fsp3) is 0.381. The normalized spacial score (nSPS) is 18.4. The number of rotatable bonds is 5.